The molecule has 0 atom stereocenters. The third-order valence-electron chi connectivity index (χ3n) is 3.20. The Morgan fingerprint density at radius 3 is 1.62 bits per heavy atom. The summed E-state index contributed by atoms with van der Waals surface area (Å²) < 4.78 is 0. The maximum atomic E-state index is 4.18. The van der Waals surface area contributed by atoms with Crippen LogP contribution in [0, 0.1) is 5.41 Å². The van der Waals surface area contributed by atoms with E-state index in [1.165, 1.54) is 16.7 Å². The van der Waals surface area contributed by atoms with Gasteiger partial charge in [-0.05, 0) is 28.7 Å². The van der Waals surface area contributed by atoms with E-state index in [-0.39, 0.29) is 5.41 Å². The SMILES string of the molecule is C=C/C=C1\C(=C)C(CC)=C(C=C)C1(C)C.CC.CC.CC. The number of hydrogen-bond acceptors (Lipinski definition) is 0. The smallest absolute Gasteiger partial charge is 0.0155 e. The molecule has 0 N–H and O–H groups in total. The minimum absolute atomic E-state index is 0.0262. The van der Waals surface area contributed by atoms with Gasteiger partial charge in [-0.25, -0.2) is 0 Å². The molecule has 0 heterocycles. The predicted molar refractivity (Wildman–Crippen MR) is 103 cm³/mol. The first-order valence-corrected chi connectivity index (χ1v) is 8.39. The lowest BCUT2D eigenvalue weighted by molar-refractivity contribution is 0.578. The normalized spacial score (nSPS) is 16.8. The third kappa shape index (κ3) is 5.91. The molecule has 1 aliphatic rings. The second-order valence-electron chi connectivity index (χ2n) is 4.37. The van der Waals surface area contributed by atoms with Crippen molar-refractivity contribution in [2.24, 2.45) is 5.41 Å². The summed E-state index contributed by atoms with van der Waals surface area (Å²) in [7, 11) is 0. The summed E-state index contributed by atoms with van der Waals surface area (Å²) in [6.07, 6.45) is 6.88. The molecule has 0 radical (unpaired) electrons. The summed E-state index contributed by atoms with van der Waals surface area (Å²) in [5.74, 6) is 0. The van der Waals surface area contributed by atoms with Gasteiger partial charge in [0.2, 0.25) is 0 Å². The van der Waals surface area contributed by atoms with Crippen LogP contribution in [0.15, 0.2) is 60.3 Å². The Balaban J connectivity index is -0.000000478. The molecule has 0 amide bonds. The Kier molecular flexibility index (Phi) is 16.1. The van der Waals surface area contributed by atoms with Crippen LogP contribution in [-0.2, 0) is 0 Å². The first-order chi connectivity index (χ1) is 10.0. The van der Waals surface area contributed by atoms with Crippen molar-refractivity contribution >= 4 is 0 Å². The van der Waals surface area contributed by atoms with Gasteiger partial charge in [-0.15, -0.1) is 0 Å². The maximum Gasteiger partial charge on any atom is 0.0155 e. The Morgan fingerprint density at radius 1 is 0.952 bits per heavy atom. The lowest BCUT2D eigenvalue weighted by Crippen LogP contribution is -2.12. The standard InChI is InChI=1S/C15H20.3C2H6/c1-7-10-14-11(4)12(8-2)13(9-3)15(14,5)6;3*1-2/h7,9-10H,1,3-4,8H2,2,5-6H3;3*1-2H3/b14-10+;;;. The minimum atomic E-state index is 0.0262. The molecule has 0 heteroatoms. The zero-order valence-electron chi connectivity index (χ0n) is 16.1. The molecular formula is C21H38. The van der Waals surface area contributed by atoms with Gasteiger partial charge < -0.3 is 0 Å². The van der Waals surface area contributed by atoms with Gasteiger partial charge in [-0.3, -0.25) is 0 Å². The van der Waals surface area contributed by atoms with Gasteiger partial charge in [0.05, 0.1) is 0 Å². The molecule has 1 aliphatic carbocycles. The Hall–Kier alpha value is -1.30. The molecule has 0 unspecified atom stereocenters. The van der Waals surface area contributed by atoms with Gasteiger partial charge in [0, 0.05) is 5.41 Å². The van der Waals surface area contributed by atoms with Crippen molar-refractivity contribution in [3.05, 3.63) is 60.3 Å². The lowest BCUT2D eigenvalue weighted by Gasteiger charge is -2.23. The highest BCUT2D eigenvalue weighted by Gasteiger charge is 2.36. The fourth-order valence-electron chi connectivity index (χ4n) is 2.43. The molecule has 1 rings (SSSR count). The highest BCUT2D eigenvalue weighted by Crippen LogP contribution is 2.50. The third-order valence-corrected chi connectivity index (χ3v) is 3.20. The molecule has 0 spiro atoms. The average molecular weight is 291 g/mol. The van der Waals surface area contributed by atoms with Crippen LogP contribution in [-0.4, -0.2) is 0 Å². The van der Waals surface area contributed by atoms with Crippen LogP contribution < -0.4 is 0 Å². The fourth-order valence-corrected chi connectivity index (χ4v) is 2.43. The quantitative estimate of drug-likeness (QED) is 0.500. The van der Waals surface area contributed by atoms with E-state index in [4.69, 9.17) is 0 Å². The van der Waals surface area contributed by atoms with Crippen LogP contribution in [0.1, 0.15) is 68.7 Å². The molecule has 0 aromatic rings. The Morgan fingerprint density at radius 2 is 1.38 bits per heavy atom. The highest BCUT2D eigenvalue weighted by atomic mass is 14.4. The van der Waals surface area contributed by atoms with Crippen LogP contribution in [0.5, 0.6) is 0 Å². The summed E-state index contributed by atoms with van der Waals surface area (Å²) in [5.41, 5.74) is 5.09. The van der Waals surface area contributed by atoms with Gasteiger partial charge in [0.25, 0.3) is 0 Å². The first kappa shape index (κ1) is 24.7. The molecule has 0 saturated heterocycles. The molecular weight excluding hydrogens is 252 g/mol. The highest BCUT2D eigenvalue weighted by molar-refractivity contribution is 5.63. The van der Waals surface area contributed by atoms with E-state index in [2.05, 4.69) is 46.6 Å². The van der Waals surface area contributed by atoms with Crippen LogP contribution in [0.2, 0.25) is 0 Å². The van der Waals surface area contributed by atoms with Crippen LogP contribution in [0.4, 0.5) is 0 Å². The molecule has 0 aliphatic heterocycles. The van der Waals surface area contributed by atoms with Crippen molar-refractivity contribution in [2.75, 3.05) is 0 Å². The van der Waals surface area contributed by atoms with Crippen LogP contribution in [0.3, 0.4) is 0 Å². The second kappa shape index (κ2) is 13.7. The Labute approximate surface area is 135 Å². The first-order valence-electron chi connectivity index (χ1n) is 8.39. The molecule has 0 aromatic heterocycles. The summed E-state index contributed by atoms with van der Waals surface area (Å²) in [6.45, 7) is 30.5. The van der Waals surface area contributed by atoms with Crippen molar-refractivity contribution in [3.8, 4) is 0 Å². The molecule has 0 nitrogen and oxygen atoms in total. The summed E-state index contributed by atoms with van der Waals surface area (Å²) in [6, 6.07) is 0. The number of rotatable bonds is 3. The van der Waals surface area contributed by atoms with E-state index in [0.29, 0.717) is 0 Å². The maximum absolute atomic E-state index is 4.18. The molecule has 0 aromatic carbocycles. The predicted octanol–water partition coefficient (Wildman–Crippen LogP) is 7.67. The van der Waals surface area contributed by atoms with E-state index < -0.39 is 0 Å². The zero-order valence-corrected chi connectivity index (χ0v) is 16.1. The summed E-state index contributed by atoms with van der Waals surface area (Å²) in [5, 5.41) is 0. The topological polar surface area (TPSA) is 0 Å². The van der Waals surface area contributed by atoms with E-state index in [0.717, 1.165) is 12.0 Å². The van der Waals surface area contributed by atoms with Crippen molar-refractivity contribution in [1.82, 2.24) is 0 Å². The van der Waals surface area contributed by atoms with Crippen molar-refractivity contribution in [2.45, 2.75) is 68.7 Å². The van der Waals surface area contributed by atoms with E-state index in [9.17, 15) is 0 Å². The molecule has 0 bridgehead atoms. The van der Waals surface area contributed by atoms with Gasteiger partial charge in [-0.1, -0.05) is 100 Å². The summed E-state index contributed by atoms with van der Waals surface area (Å²) >= 11 is 0. The van der Waals surface area contributed by atoms with Gasteiger partial charge in [0.15, 0.2) is 0 Å². The number of hydrogen-bond donors (Lipinski definition) is 0. The van der Waals surface area contributed by atoms with Crippen LogP contribution in [0.25, 0.3) is 0 Å². The fraction of sp³-hybridized carbons (Fsp3) is 0.524. The lowest BCUT2D eigenvalue weighted by atomic mass is 9.80. The number of allylic oxidation sites excluding steroid dienone is 7. The van der Waals surface area contributed by atoms with Crippen molar-refractivity contribution in [3.63, 3.8) is 0 Å². The van der Waals surface area contributed by atoms with Crippen molar-refractivity contribution in [1.29, 1.82) is 0 Å². The van der Waals surface area contributed by atoms with E-state index in [1.54, 1.807) is 0 Å². The molecule has 0 fully saturated rings. The van der Waals surface area contributed by atoms with Crippen LogP contribution >= 0.6 is 0 Å². The monoisotopic (exact) mass is 290 g/mol. The minimum Gasteiger partial charge on any atom is -0.0991 e. The zero-order chi connectivity index (χ0) is 17.6. The van der Waals surface area contributed by atoms with Gasteiger partial charge >= 0.3 is 0 Å². The molecule has 122 valence electrons. The Bertz CT molecular complexity index is 373. The van der Waals surface area contributed by atoms with E-state index >= 15 is 0 Å². The van der Waals surface area contributed by atoms with Gasteiger partial charge in [-0.2, -0.15) is 0 Å². The summed E-state index contributed by atoms with van der Waals surface area (Å²) in [4.78, 5) is 0. The largest absolute Gasteiger partial charge is 0.0991 e. The van der Waals surface area contributed by atoms with E-state index in [1.807, 2.05) is 53.7 Å². The average Bonchev–Trinajstić information content (AvgIpc) is 2.72. The molecule has 21 heavy (non-hydrogen) atoms. The molecule has 0 saturated carbocycles. The second-order valence-corrected chi connectivity index (χ2v) is 4.37. The van der Waals surface area contributed by atoms with Gasteiger partial charge in [0.1, 0.15) is 0 Å². The van der Waals surface area contributed by atoms with Crippen molar-refractivity contribution < 1.29 is 0 Å².